The Balaban J connectivity index is 0.00000220. The van der Waals surface area contributed by atoms with Crippen LogP contribution in [0.1, 0.15) is 12.8 Å². The molecule has 1 amide bonds. The van der Waals surface area contributed by atoms with E-state index in [4.69, 9.17) is 10.5 Å². The van der Waals surface area contributed by atoms with Gasteiger partial charge < -0.3 is 15.8 Å². The van der Waals surface area contributed by atoms with Gasteiger partial charge in [0, 0.05) is 18.7 Å². The molecule has 2 rings (SSSR count). The lowest BCUT2D eigenvalue weighted by molar-refractivity contribution is -0.385. The number of hydrogen-bond acceptors (Lipinski definition) is 5. The minimum absolute atomic E-state index is 0. The van der Waals surface area contributed by atoms with Gasteiger partial charge in [-0.3, -0.25) is 14.9 Å². The summed E-state index contributed by atoms with van der Waals surface area (Å²) in [5.74, 6) is 0.254. The molecular formula is C13H18ClN3O4. The van der Waals surface area contributed by atoms with Crippen molar-refractivity contribution in [3.63, 3.8) is 0 Å². The number of amides is 1. The highest BCUT2D eigenvalue weighted by Gasteiger charge is 2.28. The van der Waals surface area contributed by atoms with Crippen LogP contribution in [-0.2, 0) is 4.79 Å². The third-order valence-electron chi connectivity index (χ3n) is 3.18. The van der Waals surface area contributed by atoms with Crippen molar-refractivity contribution in [2.24, 2.45) is 11.7 Å². The van der Waals surface area contributed by atoms with Crippen LogP contribution in [0, 0.1) is 16.0 Å². The topological polar surface area (TPSA) is 107 Å². The van der Waals surface area contributed by atoms with Crippen molar-refractivity contribution in [2.45, 2.75) is 18.9 Å². The van der Waals surface area contributed by atoms with Gasteiger partial charge >= 0.3 is 5.69 Å². The quantitative estimate of drug-likeness (QED) is 0.581. The van der Waals surface area contributed by atoms with E-state index in [1.165, 1.54) is 12.1 Å². The fourth-order valence-electron chi connectivity index (χ4n) is 1.85. The number of rotatable bonds is 7. The molecule has 1 aromatic rings. The molecule has 8 heteroatoms. The van der Waals surface area contributed by atoms with Crippen molar-refractivity contribution in [3.05, 3.63) is 34.4 Å². The Hall–Kier alpha value is -1.86. The summed E-state index contributed by atoms with van der Waals surface area (Å²) < 4.78 is 5.17. The Morgan fingerprint density at radius 1 is 1.48 bits per heavy atom. The van der Waals surface area contributed by atoms with Crippen LogP contribution in [-0.4, -0.2) is 30.0 Å². The summed E-state index contributed by atoms with van der Waals surface area (Å²) >= 11 is 0. The predicted molar refractivity (Wildman–Crippen MR) is 79.5 cm³/mol. The number of carbonyl (C=O) groups is 1. The summed E-state index contributed by atoms with van der Waals surface area (Å²) in [6.07, 6.45) is 2.23. The molecule has 1 aliphatic carbocycles. The van der Waals surface area contributed by atoms with E-state index in [1.807, 2.05) is 0 Å². The molecule has 0 heterocycles. The van der Waals surface area contributed by atoms with Crippen LogP contribution in [0.2, 0.25) is 0 Å². The average Bonchev–Trinajstić information content (AvgIpc) is 3.27. The van der Waals surface area contributed by atoms with Gasteiger partial charge in [0.15, 0.2) is 12.4 Å². The van der Waals surface area contributed by atoms with Crippen molar-refractivity contribution < 1.29 is 14.5 Å². The fourth-order valence-corrected chi connectivity index (χ4v) is 1.85. The third-order valence-corrected chi connectivity index (χ3v) is 3.18. The molecule has 1 fully saturated rings. The van der Waals surface area contributed by atoms with E-state index in [1.54, 1.807) is 12.1 Å². The van der Waals surface area contributed by atoms with Gasteiger partial charge in [-0.15, -0.1) is 12.4 Å². The summed E-state index contributed by atoms with van der Waals surface area (Å²) in [6, 6.07) is 5.92. The number of benzene rings is 1. The zero-order chi connectivity index (χ0) is 14.5. The number of carbonyl (C=O) groups excluding carboxylic acids is 1. The van der Waals surface area contributed by atoms with Crippen LogP contribution in [0.25, 0.3) is 0 Å². The molecule has 1 unspecified atom stereocenters. The van der Waals surface area contributed by atoms with Gasteiger partial charge in [0.1, 0.15) is 0 Å². The molecule has 0 aromatic heterocycles. The van der Waals surface area contributed by atoms with E-state index < -0.39 is 4.92 Å². The number of nitro benzene ring substituents is 1. The van der Waals surface area contributed by atoms with E-state index in [0.717, 1.165) is 12.8 Å². The first kappa shape index (κ1) is 17.2. The number of nitro groups is 1. The van der Waals surface area contributed by atoms with E-state index in [9.17, 15) is 14.9 Å². The number of hydrogen-bond donors (Lipinski definition) is 2. The van der Waals surface area contributed by atoms with Gasteiger partial charge in [0.2, 0.25) is 0 Å². The van der Waals surface area contributed by atoms with Gasteiger partial charge in [0.05, 0.1) is 4.92 Å². The molecule has 1 aromatic carbocycles. The minimum atomic E-state index is -0.545. The number of para-hydroxylation sites is 2. The highest BCUT2D eigenvalue weighted by atomic mass is 35.5. The lowest BCUT2D eigenvalue weighted by atomic mass is 10.2. The first-order chi connectivity index (χ1) is 9.58. The monoisotopic (exact) mass is 315 g/mol. The lowest BCUT2D eigenvalue weighted by Crippen LogP contribution is -2.40. The molecular weight excluding hydrogens is 298 g/mol. The Kier molecular flexibility index (Phi) is 6.39. The molecule has 0 saturated heterocycles. The van der Waals surface area contributed by atoms with Crippen LogP contribution < -0.4 is 15.8 Å². The largest absolute Gasteiger partial charge is 0.477 e. The Bertz CT molecular complexity index is 508. The molecule has 0 radical (unpaired) electrons. The highest BCUT2D eigenvalue weighted by molar-refractivity contribution is 5.85. The van der Waals surface area contributed by atoms with Gasteiger partial charge in [0.25, 0.3) is 5.91 Å². The molecule has 0 aliphatic heterocycles. The first-order valence-corrected chi connectivity index (χ1v) is 6.46. The van der Waals surface area contributed by atoms with Crippen molar-refractivity contribution in [1.29, 1.82) is 0 Å². The number of nitrogens with zero attached hydrogens (tertiary/aromatic N) is 1. The van der Waals surface area contributed by atoms with Crippen LogP contribution in [0.15, 0.2) is 24.3 Å². The molecule has 1 atom stereocenters. The molecule has 3 N–H and O–H groups in total. The van der Waals surface area contributed by atoms with E-state index in [0.29, 0.717) is 12.5 Å². The van der Waals surface area contributed by atoms with Crippen molar-refractivity contribution in [3.8, 4) is 5.75 Å². The number of ether oxygens (including phenoxy) is 1. The second-order valence-electron chi connectivity index (χ2n) is 4.82. The van der Waals surface area contributed by atoms with Crippen LogP contribution in [0.4, 0.5) is 5.69 Å². The van der Waals surface area contributed by atoms with Gasteiger partial charge in [-0.05, 0) is 24.8 Å². The molecule has 0 bridgehead atoms. The summed E-state index contributed by atoms with van der Waals surface area (Å²) in [5.41, 5.74) is 5.70. The zero-order valence-electron chi connectivity index (χ0n) is 11.4. The maximum atomic E-state index is 11.6. The summed E-state index contributed by atoms with van der Waals surface area (Å²) in [7, 11) is 0. The van der Waals surface area contributed by atoms with Crippen molar-refractivity contribution in [1.82, 2.24) is 5.32 Å². The normalized spacial score (nSPS) is 14.7. The number of nitrogens with two attached hydrogens (primary N) is 1. The van der Waals surface area contributed by atoms with Crippen molar-refractivity contribution in [2.75, 3.05) is 13.2 Å². The Labute approximate surface area is 128 Å². The SMILES string of the molecule is Cl.NC(CNC(=O)COc1ccccc1[N+](=O)[O-])C1CC1. The van der Waals surface area contributed by atoms with Gasteiger partial charge in [-0.1, -0.05) is 12.1 Å². The van der Waals surface area contributed by atoms with E-state index in [2.05, 4.69) is 5.32 Å². The highest BCUT2D eigenvalue weighted by Crippen LogP contribution is 2.31. The number of nitrogens with one attached hydrogen (secondary N) is 1. The molecule has 1 aliphatic rings. The average molecular weight is 316 g/mol. The first-order valence-electron chi connectivity index (χ1n) is 6.46. The maximum Gasteiger partial charge on any atom is 0.310 e. The van der Waals surface area contributed by atoms with Crippen LogP contribution in [0.5, 0.6) is 5.75 Å². The second kappa shape index (κ2) is 7.80. The molecule has 1 saturated carbocycles. The molecule has 21 heavy (non-hydrogen) atoms. The predicted octanol–water partition coefficient (Wildman–Crippen LogP) is 1.25. The second-order valence-corrected chi connectivity index (χ2v) is 4.82. The Morgan fingerprint density at radius 2 is 2.14 bits per heavy atom. The van der Waals surface area contributed by atoms with Crippen molar-refractivity contribution >= 4 is 24.0 Å². The third kappa shape index (κ3) is 5.20. The zero-order valence-corrected chi connectivity index (χ0v) is 12.2. The smallest absolute Gasteiger partial charge is 0.310 e. The Morgan fingerprint density at radius 3 is 2.76 bits per heavy atom. The molecule has 116 valence electrons. The van der Waals surface area contributed by atoms with E-state index >= 15 is 0 Å². The van der Waals surface area contributed by atoms with Gasteiger partial charge in [-0.2, -0.15) is 0 Å². The van der Waals surface area contributed by atoms with Crippen LogP contribution in [0.3, 0.4) is 0 Å². The molecule has 0 spiro atoms. The van der Waals surface area contributed by atoms with Crippen LogP contribution >= 0.6 is 12.4 Å². The summed E-state index contributed by atoms with van der Waals surface area (Å²) in [6.45, 7) is 0.145. The minimum Gasteiger partial charge on any atom is -0.477 e. The standard InChI is InChI=1S/C13H17N3O4.ClH/c14-10(9-5-6-9)7-15-13(17)8-20-12-4-2-1-3-11(12)16(18)19;/h1-4,9-10H,5-8,14H2,(H,15,17);1H. The molecule has 7 nitrogen and oxygen atoms in total. The number of halogens is 1. The maximum absolute atomic E-state index is 11.6. The lowest BCUT2D eigenvalue weighted by Gasteiger charge is -2.12. The summed E-state index contributed by atoms with van der Waals surface area (Å²) in [4.78, 5) is 21.8. The summed E-state index contributed by atoms with van der Waals surface area (Å²) in [5, 5.41) is 13.4. The van der Waals surface area contributed by atoms with Gasteiger partial charge in [-0.25, -0.2) is 0 Å². The fraction of sp³-hybridized carbons (Fsp3) is 0.462. The van der Waals surface area contributed by atoms with E-state index in [-0.39, 0.29) is 42.4 Å².